The van der Waals surface area contributed by atoms with E-state index in [-0.39, 0.29) is 46.5 Å². The van der Waals surface area contributed by atoms with Crippen LogP contribution in [0.2, 0.25) is 5.02 Å². The third-order valence-electron chi connectivity index (χ3n) is 8.56. The number of Topliss-reactive ketones (excluding diaryl/α,β-unsaturated/α-hetero) is 1. The van der Waals surface area contributed by atoms with Gasteiger partial charge in [0.05, 0.1) is 35.4 Å². The third kappa shape index (κ3) is 6.48. The van der Waals surface area contributed by atoms with Gasteiger partial charge in [0.2, 0.25) is 5.06 Å². The number of hydrogen-bond acceptors (Lipinski definition) is 7. The van der Waals surface area contributed by atoms with Crippen molar-refractivity contribution in [2.45, 2.75) is 56.1 Å². The van der Waals surface area contributed by atoms with E-state index in [1.165, 1.54) is 31.0 Å². The van der Waals surface area contributed by atoms with Crippen LogP contribution in [0, 0.1) is 11.7 Å². The van der Waals surface area contributed by atoms with Gasteiger partial charge in [0, 0.05) is 43.7 Å². The van der Waals surface area contributed by atoms with Crippen LogP contribution in [-0.4, -0.2) is 64.7 Å². The Balaban J connectivity index is 1.33. The molecule has 8 nitrogen and oxygen atoms in total. The van der Waals surface area contributed by atoms with Gasteiger partial charge in [-0.3, -0.25) is 19.3 Å². The maximum atomic E-state index is 15.5. The normalized spacial score (nSPS) is 20.6. The summed E-state index contributed by atoms with van der Waals surface area (Å²) in [7, 11) is 3.25. The molecular formula is C32H37ClFN3O5S. The quantitative estimate of drug-likeness (QED) is 0.211. The molecule has 2 aromatic carbocycles. The first-order valence-electron chi connectivity index (χ1n) is 14.6. The minimum absolute atomic E-state index is 0.127. The number of thioether (sulfide) groups is 1. The lowest BCUT2D eigenvalue weighted by atomic mass is 9.87. The van der Waals surface area contributed by atoms with E-state index in [0.717, 1.165) is 23.7 Å². The van der Waals surface area contributed by atoms with Gasteiger partial charge in [0.15, 0.2) is 5.78 Å². The second-order valence-corrected chi connectivity index (χ2v) is 12.6. The largest absolute Gasteiger partial charge is 0.469 e. The Bertz CT molecular complexity index is 1520. The number of amides is 1. The summed E-state index contributed by atoms with van der Waals surface area (Å²) in [5.41, 5.74) is 1.60. The molecule has 1 saturated carbocycles. The highest BCUT2D eigenvalue weighted by molar-refractivity contribution is 8.00. The lowest BCUT2D eigenvalue weighted by Gasteiger charge is -2.42. The van der Waals surface area contributed by atoms with Crippen molar-refractivity contribution in [3.8, 4) is 0 Å². The van der Waals surface area contributed by atoms with E-state index in [4.69, 9.17) is 21.1 Å². The van der Waals surface area contributed by atoms with Gasteiger partial charge < -0.3 is 19.4 Å². The number of carbonyl (C=O) groups excluding carboxylic acids is 3. The molecule has 230 valence electrons. The number of esters is 1. The number of anilines is 1. The number of para-hydroxylation sites is 1. The number of methoxy groups -OCH3 is 1. The summed E-state index contributed by atoms with van der Waals surface area (Å²) in [5.74, 6) is -1.69. The molecule has 1 unspecified atom stereocenters. The maximum Gasteiger partial charge on any atom is 0.308 e. The number of likely N-dealkylation sites (tertiary alicyclic amines) is 1. The number of benzene rings is 2. The van der Waals surface area contributed by atoms with Crippen LogP contribution in [0.25, 0.3) is 10.9 Å². The van der Waals surface area contributed by atoms with Gasteiger partial charge in [-0.05, 0) is 68.5 Å². The fraction of sp³-hybridized carbons (Fsp3) is 0.469. The molecule has 2 fully saturated rings. The molecule has 1 aliphatic heterocycles. The van der Waals surface area contributed by atoms with Gasteiger partial charge in [-0.2, -0.15) is 0 Å². The molecular weight excluding hydrogens is 593 g/mol. The third-order valence-corrected chi connectivity index (χ3v) is 10.0. The highest BCUT2D eigenvalue weighted by Crippen LogP contribution is 2.40. The average Bonchev–Trinajstić information content (AvgIpc) is 3.67. The van der Waals surface area contributed by atoms with Crippen molar-refractivity contribution in [2.75, 3.05) is 31.8 Å². The van der Waals surface area contributed by atoms with Crippen LogP contribution in [-0.2, 0) is 32.5 Å². The van der Waals surface area contributed by atoms with E-state index in [1.54, 1.807) is 6.20 Å². The summed E-state index contributed by atoms with van der Waals surface area (Å²) in [6.07, 6.45) is 7.54. The highest BCUT2D eigenvalue weighted by atomic mass is 35.5. The number of nitrogens with one attached hydrogen (secondary N) is 1. The van der Waals surface area contributed by atoms with Crippen LogP contribution < -0.4 is 5.32 Å². The van der Waals surface area contributed by atoms with Crippen molar-refractivity contribution >= 4 is 57.6 Å². The van der Waals surface area contributed by atoms with Crippen LogP contribution in [0.3, 0.4) is 0 Å². The molecule has 0 radical (unpaired) electrons. The summed E-state index contributed by atoms with van der Waals surface area (Å²) in [6.45, 7) is 1.40. The Morgan fingerprint density at radius 1 is 1.12 bits per heavy atom. The zero-order valence-electron chi connectivity index (χ0n) is 24.7. The topological polar surface area (TPSA) is 89.9 Å². The number of aryl methyl sites for hydroxylation is 1. The number of hydrogen-bond donors (Lipinski definition) is 1. The molecule has 1 N–H and O–H groups in total. The summed E-state index contributed by atoms with van der Waals surface area (Å²) in [6, 6.07) is 10.1. The minimum atomic E-state index is -1.28. The molecule has 1 aliphatic carbocycles. The van der Waals surface area contributed by atoms with Crippen molar-refractivity contribution < 1.29 is 28.2 Å². The number of aromatic nitrogens is 1. The maximum absolute atomic E-state index is 15.5. The fourth-order valence-corrected chi connectivity index (χ4v) is 7.45. The number of ether oxygens (including phenoxy) is 2. The predicted octanol–water partition coefficient (Wildman–Crippen LogP) is 6.20. The van der Waals surface area contributed by atoms with Gasteiger partial charge in [-0.25, -0.2) is 4.39 Å². The molecule has 2 aliphatic rings. The molecule has 11 heteroatoms. The van der Waals surface area contributed by atoms with Crippen LogP contribution >= 0.6 is 23.4 Å². The Labute approximate surface area is 260 Å². The zero-order valence-corrected chi connectivity index (χ0v) is 26.2. The van der Waals surface area contributed by atoms with Gasteiger partial charge in [0.25, 0.3) is 5.91 Å². The number of ketones is 1. The van der Waals surface area contributed by atoms with Gasteiger partial charge in [0.1, 0.15) is 5.82 Å². The Morgan fingerprint density at radius 2 is 1.81 bits per heavy atom. The molecule has 1 amide bonds. The lowest BCUT2D eigenvalue weighted by Crippen LogP contribution is -2.55. The Morgan fingerprint density at radius 3 is 2.49 bits per heavy atom. The van der Waals surface area contributed by atoms with Crippen LogP contribution in [0.4, 0.5) is 10.1 Å². The molecule has 2 heterocycles. The van der Waals surface area contributed by atoms with E-state index in [2.05, 4.69) is 5.32 Å². The van der Waals surface area contributed by atoms with Crippen molar-refractivity contribution in [3.05, 3.63) is 64.6 Å². The van der Waals surface area contributed by atoms with E-state index in [9.17, 15) is 14.4 Å². The van der Waals surface area contributed by atoms with Crippen molar-refractivity contribution in [2.24, 2.45) is 13.0 Å². The molecule has 0 spiro atoms. The van der Waals surface area contributed by atoms with Crippen molar-refractivity contribution in [3.63, 3.8) is 0 Å². The fourth-order valence-electron chi connectivity index (χ4n) is 6.24. The first kappa shape index (κ1) is 31.5. The predicted molar refractivity (Wildman–Crippen MR) is 167 cm³/mol. The molecule has 1 atom stereocenters. The highest BCUT2D eigenvalue weighted by Gasteiger charge is 2.48. The number of halogens is 2. The van der Waals surface area contributed by atoms with E-state index < -0.39 is 16.8 Å². The number of nitrogens with zero attached hydrogens (tertiary/aromatic N) is 2. The lowest BCUT2D eigenvalue weighted by molar-refractivity contribution is -0.166. The summed E-state index contributed by atoms with van der Waals surface area (Å²) in [4.78, 5) is 41.2. The van der Waals surface area contributed by atoms with Crippen LogP contribution in [0.5, 0.6) is 0 Å². The van der Waals surface area contributed by atoms with Crippen LogP contribution in [0.15, 0.2) is 42.6 Å². The number of fused-ring (bicyclic) bond motifs is 1. The zero-order chi connectivity index (χ0) is 30.7. The van der Waals surface area contributed by atoms with E-state index in [0.29, 0.717) is 44.3 Å². The molecule has 1 saturated heterocycles. The first-order chi connectivity index (χ1) is 20.7. The summed E-state index contributed by atoms with van der Waals surface area (Å²) < 4.78 is 28.9. The van der Waals surface area contributed by atoms with E-state index in [1.807, 2.05) is 47.0 Å². The number of rotatable bonds is 10. The Hall–Kier alpha value is -2.92. The minimum Gasteiger partial charge on any atom is -0.469 e. The van der Waals surface area contributed by atoms with Crippen molar-refractivity contribution in [1.29, 1.82) is 0 Å². The number of carbonyl (C=O) groups is 3. The standard InChI is InChI=1S/C32H37ClFN3O5S/c1-36-19-24(23-8-4-5-9-28(23)36)30(39)35-27-18-26(34)21(16-25(27)33)17-29(38)32(43-3,37-14-6-7-15-37)42-22-12-10-20(11-13-22)31(40)41-2/h4-5,8-9,16,18-20,22H,6-7,10-15,17H2,1-3H3,(H,35,39). The summed E-state index contributed by atoms with van der Waals surface area (Å²) >= 11 is 7.86. The van der Waals surface area contributed by atoms with Gasteiger partial charge >= 0.3 is 5.97 Å². The second kappa shape index (κ2) is 13.4. The monoisotopic (exact) mass is 629 g/mol. The average molecular weight is 630 g/mol. The van der Waals surface area contributed by atoms with Crippen molar-refractivity contribution in [1.82, 2.24) is 9.47 Å². The summed E-state index contributed by atoms with van der Waals surface area (Å²) in [5, 5.41) is 2.36. The van der Waals surface area contributed by atoms with Gasteiger partial charge in [-0.15, -0.1) is 11.8 Å². The molecule has 43 heavy (non-hydrogen) atoms. The smallest absolute Gasteiger partial charge is 0.308 e. The first-order valence-corrected chi connectivity index (χ1v) is 16.2. The Kier molecular flexibility index (Phi) is 9.80. The molecule has 3 aromatic rings. The molecule has 5 rings (SSSR count). The van der Waals surface area contributed by atoms with Gasteiger partial charge in [-0.1, -0.05) is 29.8 Å². The molecule has 1 aromatic heterocycles. The van der Waals surface area contributed by atoms with E-state index >= 15 is 4.39 Å². The second-order valence-electron chi connectivity index (χ2n) is 11.2. The SMILES string of the molecule is COC(=O)C1CCC(OC(SC)(C(=O)Cc2cc(Cl)c(NC(=O)c3cn(C)c4ccccc34)cc2F)N2CCCC2)CC1. The molecule has 0 bridgehead atoms. The van der Waals surface area contributed by atoms with Crippen LogP contribution in [0.1, 0.15) is 54.4 Å².